The lowest BCUT2D eigenvalue weighted by atomic mass is 10.00. The number of para-hydroxylation sites is 1. The molecule has 6 heteroatoms. The van der Waals surface area contributed by atoms with Crippen LogP contribution in [0, 0.1) is 5.92 Å². The first kappa shape index (κ1) is 15.6. The number of rotatable bonds is 3. The van der Waals surface area contributed by atoms with Crippen molar-refractivity contribution in [1.82, 2.24) is 10.3 Å². The number of amides is 1. The molecule has 2 heterocycles. The Balaban J connectivity index is 1.62. The van der Waals surface area contributed by atoms with Gasteiger partial charge in [-0.1, -0.05) is 18.2 Å². The SMILES string of the molecule is O=C(NCC1CCS(=O)(=O)C1)c1c2c(nc3ccccc13)CCC2. The highest BCUT2D eigenvalue weighted by atomic mass is 32.2. The van der Waals surface area contributed by atoms with Gasteiger partial charge in [0.25, 0.3) is 5.91 Å². The smallest absolute Gasteiger partial charge is 0.252 e. The molecule has 4 rings (SSSR count). The Hall–Kier alpha value is -1.95. The predicted molar refractivity (Wildman–Crippen MR) is 92.9 cm³/mol. The molecule has 126 valence electrons. The highest BCUT2D eigenvalue weighted by Crippen LogP contribution is 2.30. The van der Waals surface area contributed by atoms with Crippen molar-refractivity contribution in [2.24, 2.45) is 5.92 Å². The quantitative estimate of drug-likeness (QED) is 0.922. The van der Waals surface area contributed by atoms with Crippen LogP contribution in [0.4, 0.5) is 0 Å². The average molecular weight is 344 g/mol. The molecule has 1 aliphatic carbocycles. The van der Waals surface area contributed by atoms with Crippen molar-refractivity contribution in [2.45, 2.75) is 25.7 Å². The van der Waals surface area contributed by atoms with E-state index < -0.39 is 9.84 Å². The summed E-state index contributed by atoms with van der Waals surface area (Å²) in [4.78, 5) is 17.5. The number of benzene rings is 1. The molecule has 1 aromatic carbocycles. The normalized spacial score (nSPS) is 21.8. The van der Waals surface area contributed by atoms with E-state index in [4.69, 9.17) is 4.98 Å². The molecule has 1 amide bonds. The maximum atomic E-state index is 12.8. The molecule has 5 nitrogen and oxygen atoms in total. The van der Waals surface area contributed by atoms with Crippen molar-refractivity contribution in [3.63, 3.8) is 0 Å². The Bertz CT molecular complexity index is 921. The summed E-state index contributed by atoms with van der Waals surface area (Å²) in [5.41, 5.74) is 3.67. The Morgan fingerprint density at radius 1 is 1.25 bits per heavy atom. The number of hydrogen-bond acceptors (Lipinski definition) is 4. The second kappa shape index (κ2) is 5.84. The van der Waals surface area contributed by atoms with Gasteiger partial charge in [0.1, 0.15) is 0 Å². The molecule has 1 fully saturated rings. The molecule has 1 aromatic heterocycles. The van der Waals surface area contributed by atoms with Crippen molar-refractivity contribution >= 4 is 26.6 Å². The van der Waals surface area contributed by atoms with Crippen LogP contribution < -0.4 is 5.32 Å². The van der Waals surface area contributed by atoms with E-state index in [2.05, 4.69) is 5.32 Å². The summed E-state index contributed by atoms with van der Waals surface area (Å²) < 4.78 is 23.1. The number of aromatic nitrogens is 1. The van der Waals surface area contributed by atoms with Crippen LogP contribution in [0.3, 0.4) is 0 Å². The maximum Gasteiger partial charge on any atom is 0.252 e. The number of aryl methyl sites for hydroxylation is 1. The minimum absolute atomic E-state index is 0.0279. The third-order valence-corrected chi connectivity index (χ3v) is 6.86. The molecular weight excluding hydrogens is 324 g/mol. The van der Waals surface area contributed by atoms with Crippen LogP contribution in [0.15, 0.2) is 24.3 Å². The molecular formula is C18H20N2O3S. The molecule has 0 radical (unpaired) electrons. The maximum absolute atomic E-state index is 12.8. The first-order valence-electron chi connectivity index (χ1n) is 8.42. The highest BCUT2D eigenvalue weighted by Gasteiger charge is 2.29. The van der Waals surface area contributed by atoms with Crippen molar-refractivity contribution < 1.29 is 13.2 Å². The van der Waals surface area contributed by atoms with Crippen molar-refractivity contribution in [1.29, 1.82) is 0 Å². The summed E-state index contributed by atoms with van der Waals surface area (Å²) in [5, 5.41) is 3.85. The number of hydrogen-bond donors (Lipinski definition) is 1. The number of pyridine rings is 1. The van der Waals surface area contributed by atoms with Crippen LogP contribution in [0.25, 0.3) is 10.9 Å². The second-order valence-electron chi connectivity index (χ2n) is 6.76. The minimum atomic E-state index is -2.91. The van der Waals surface area contributed by atoms with Gasteiger partial charge < -0.3 is 5.32 Å². The summed E-state index contributed by atoms with van der Waals surface area (Å²) in [6.45, 7) is 0.420. The number of carbonyl (C=O) groups excluding carboxylic acids is 1. The monoisotopic (exact) mass is 344 g/mol. The second-order valence-corrected chi connectivity index (χ2v) is 8.99. The third kappa shape index (κ3) is 2.79. The van der Waals surface area contributed by atoms with Gasteiger partial charge in [0.05, 0.1) is 22.6 Å². The van der Waals surface area contributed by atoms with Gasteiger partial charge in [-0.05, 0) is 43.2 Å². The van der Waals surface area contributed by atoms with Crippen molar-refractivity contribution in [2.75, 3.05) is 18.1 Å². The number of sulfone groups is 1. The van der Waals surface area contributed by atoms with E-state index in [9.17, 15) is 13.2 Å². The van der Waals surface area contributed by atoms with E-state index in [1.165, 1.54) is 0 Å². The summed E-state index contributed by atoms with van der Waals surface area (Å²) >= 11 is 0. The van der Waals surface area contributed by atoms with Gasteiger partial charge in [-0.2, -0.15) is 0 Å². The lowest BCUT2D eigenvalue weighted by molar-refractivity contribution is 0.0949. The molecule has 1 unspecified atom stereocenters. The van der Waals surface area contributed by atoms with E-state index in [0.29, 0.717) is 13.0 Å². The van der Waals surface area contributed by atoms with Crippen LogP contribution in [0.1, 0.15) is 34.5 Å². The first-order valence-corrected chi connectivity index (χ1v) is 10.2. The van der Waals surface area contributed by atoms with Crippen molar-refractivity contribution in [3.8, 4) is 0 Å². The van der Waals surface area contributed by atoms with Crippen LogP contribution in [0.5, 0.6) is 0 Å². The van der Waals surface area contributed by atoms with E-state index in [1.54, 1.807) is 0 Å². The summed E-state index contributed by atoms with van der Waals surface area (Å²) in [5.74, 6) is 0.347. The van der Waals surface area contributed by atoms with Gasteiger partial charge in [0.15, 0.2) is 9.84 Å². The molecule has 1 atom stereocenters. The third-order valence-electron chi connectivity index (χ3n) is 5.02. The lowest BCUT2D eigenvalue weighted by Gasteiger charge is -2.14. The van der Waals surface area contributed by atoms with E-state index in [-0.39, 0.29) is 23.3 Å². The first-order chi connectivity index (χ1) is 11.5. The van der Waals surface area contributed by atoms with Crippen molar-refractivity contribution in [3.05, 3.63) is 41.1 Å². The van der Waals surface area contributed by atoms with Gasteiger partial charge >= 0.3 is 0 Å². The molecule has 24 heavy (non-hydrogen) atoms. The van der Waals surface area contributed by atoms with Gasteiger partial charge in [-0.25, -0.2) is 8.42 Å². The number of carbonyl (C=O) groups is 1. The number of fused-ring (bicyclic) bond motifs is 2. The fourth-order valence-electron chi connectivity index (χ4n) is 3.83. The molecule has 0 bridgehead atoms. The van der Waals surface area contributed by atoms with Crippen LogP contribution in [0.2, 0.25) is 0 Å². The largest absolute Gasteiger partial charge is 0.352 e. The van der Waals surface area contributed by atoms with Gasteiger partial charge in [-0.15, -0.1) is 0 Å². The Labute approximate surface area is 141 Å². The predicted octanol–water partition coefficient (Wildman–Crippen LogP) is 1.89. The summed E-state index contributed by atoms with van der Waals surface area (Å²) in [6.07, 6.45) is 3.46. The molecule has 1 N–H and O–H groups in total. The van der Waals surface area contributed by atoms with Crippen LogP contribution >= 0.6 is 0 Å². The van der Waals surface area contributed by atoms with Gasteiger partial charge in [0.2, 0.25) is 0 Å². The number of nitrogens with one attached hydrogen (secondary N) is 1. The summed E-state index contributed by atoms with van der Waals surface area (Å²) in [6, 6.07) is 7.73. The molecule has 2 aromatic rings. The van der Waals surface area contributed by atoms with Crippen LogP contribution in [-0.4, -0.2) is 37.4 Å². The highest BCUT2D eigenvalue weighted by molar-refractivity contribution is 7.91. The zero-order chi connectivity index (χ0) is 16.7. The van der Waals surface area contributed by atoms with E-state index >= 15 is 0 Å². The summed E-state index contributed by atoms with van der Waals surface area (Å²) in [7, 11) is -2.91. The molecule has 2 aliphatic rings. The average Bonchev–Trinajstić information content (AvgIpc) is 3.15. The Morgan fingerprint density at radius 2 is 2.08 bits per heavy atom. The van der Waals surface area contributed by atoms with Gasteiger partial charge in [0, 0.05) is 17.6 Å². The zero-order valence-corrected chi connectivity index (χ0v) is 14.2. The molecule has 0 saturated carbocycles. The topological polar surface area (TPSA) is 76.1 Å². The molecule has 0 spiro atoms. The fourth-order valence-corrected chi connectivity index (χ4v) is 5.69. The zero-order valence-electron chi connectivity index (χ0n) is 13.4. The lowest BCUT2D eigenvalue weighted by Crippen LogP contribution is -2.30. The molecule has 1 aliphatic heterocycles. The van der Waals surface area contributed by atoms with Gasteiger partial charge in [-0.3, -0.25) is 9.78 Å². The number of nitrogens with zero attached hydrogens (tertiary/aromatic N) is 1. The standard InChI is InChI=1S/C18H20N2O3S/c21-18(19-10-12-8-9-24(22,23)11-12)17-13-4-1-2-6-15(13)20-16-7-3-5-14(16)17/h1-2,4,6,12H,3,5,7-11H2,(H,19,21). The fraction of sp³-hybridized carbons (Fsp3) is 0.444. The minimum Gasteiger partial charge on any atom is -0.352 e. The molecule has 1 saturated heterocycles. The van der Waals surface area contributed by atoms with Crippen LogP contribution in [-0.2, 0) is 22.7 Å². The Kier molecular flexibility index (Phi) is 3.79. The van der Waals surface area contributed by atoms with E-state index in [1.807, 2.05) is 24.3 Å². The van der Waals surface area contributed by atoms with E-state index in [0.717, 1.165) is 47.0 Å². The Morgan fingerprint density at radius 3 is 2.88 bits per heavy atom.